The molecule has 0 bridgehead atoms. The maximum atomic E-state index is 11.7. The van der Waals surface area contributed by atoms with Crippen molar-refractivity contribution in [2.45, 2.75) is 115 Å². The van der Waals surface area contributed by atoms with E-state index in [1.54, 1.807) is 5.57 Å². The van der Waals surface area contributed by atoms with Crippen LogP contribution in [-0.4, -0.2) is 38.4 Å². The second-order valence-electron chi connectivity index (χ2n) is 22.1. The summed E-state index contributed by atoms with van der Waals surface area (Å²) >= 11 is 0. The van der Waals surface area contributed by atoms with Crippen molar-refractivity contribution >= 4 is 39.7 Å². The zero-order valence-electron chi connectivity index (χ0n) is 42.1. The number of hydrogen-bond acceptors (Lipinski definition) is 5. The lowest BCUT2D eigenvalue weighted by Crippen LogP contribution is -2.67. The third-order valence-corrected chi connectivity index (χ3v) is 18.0. The molecule has 6 aliphatic carbocycles. The van der Waals surface area contributed by atoms with Gasteiger partial charge in [0.25, 0.3) is 0 Å². The normalized spacial score (nSPS) is 28.5. The number of allylic oxidation sites excluding steroid dienone is 8. The van der Waals surface area contributed by atoms with Gasteiger partial charge < -0.3 is 14.0 Å². The predicted octanol–water partition coefficient (Wildman–Crippen LogP) is 13.7. The Morgan fingerprint density at radius 2 is 1.48 bits per heavy atom. The minimum Gasteiger partial charge on any atom is -0.360 e. The summed E-state index contributed by atoms with van der Waals surface area (Å²) in [5, 5.41) is 26.8. The molecule has 3 N–H and O–H groups in total. The summed E-state index contributed by atoms with van der Waals surface area (Å²) in [6.07, 6.45) is 34.0. The minimum absolute atomic E-state index is 0.00493. The molecule has 0 amide bonds. The van der Waals surface area contributed by atoms with E-state index in [0.29, 0.717) is 30.2 Å². The Kier molecular flexibility index (Phi) is 11.2. The van der Waals surface area contributed by atoms with E-state index in [1.165, 1.54) is 78.0 Å². The van der Waals surface area contributed by atoms with E-state index in [4.69, 9.17) is 0 Å². The number of aromatic nitrogens is 2. The molecule has 2 aromatic heterocycles. The van der Waals surface area contributed by atoms with Crippen molar-refractivity contribution in [3.8, 4) is 11.8 Å². The maximum Gasteiger partial charge on any atom is 0.101 e. The van der Waals surface area contributed by atoms with E-state index >= 15 is 0 Å². The average molecular weight is 956 g/mol. The van der Waals surface area contributed by atoms with Crippen LogP contribution in [0.5, 0.6) is 0 Å². The molecule has 364 valence electrons. The van der Waals surface area contributed by atoms with Crippen molar-refractivity contribution in [1.82, 2.24) is 30.0 Å². The Labute approximate surface area is 430 Å². The van der Waals surface area contributed by atoms with Crippen molar-refractivity contribution in [3.05, 3.63) is 213 Å². The smallest absolute Gasteiger partial charge is 0.101 e. The molecule has 4 heterocycles. The van der Waals surface area contributed by atoms with E-state index in [2.05, 4.69) is 214 Å². The molecule has 14 rings (SSSR count). The van der Waals surface area contributed by atoms with Crippen molar-refractivity contribution in [2.75, 3.05) is 0 Å². The first-order valence-electron chi connectivity index (χ1n) is 27.4. The lowest BCUT2D eigenvalue weighted by molar-refractivity contribution is 0.130. The van der Waals surface area contributed by atoms with E-state index in [-0.39, 0.29) is 30.5 Å². The van der Waals surface area contributed by atoms with Crippen molar-refractivity contribution in [2.24, 2.45) is 17.8 Å². The SMILES string of the molecule is CC1=CCCC2=C1N(C1CC(n3c4c(c5c3ccc3c6c(n(-c7ccccc7)c35)CCC=C6)CCC=C4)=C(C#N)C=C1C1NC(c3ccccc3)NC(C3C=CC(c4ccccc4)CC3)N1)C1C(C)CC=CC21. The maximum absolute atomic E-state index is 11.7. The highest BCUT2D eigenvalue weighted by atomic mass is 15.4. The fraction of sp³-hybridized carbons (Fsp3) is 0.318. The Balaban J connectivity index is 0.966. The van der Waals surface area contributed by atoms with Crippen LogP contribution >= 0.6 is 0 Å². The molecule has 1 fully saturated rings. The molecule has 7 heteroatoms. The highest BCUT2D eigenvalue weighted by molar-refractivity contribution is 6.13. The van der Waals surface area contributed by atoms with Gasteiger partial charge in [0.1, 0.15) is 6.07 Å². The molecular formula is C66H65N7. The standard InChI is InChI=1S/C66H65N7/c1-41-18-16-28-50-51-29-17-19-42(2)62(51)73(61(41)50)59-39-58(72-56-31-15-13-27-53(56)60-57(72)37-36-52-49-26-12-14-30-55(49)71(63(52)60)48-24-10-5-11-25-48)47(40-67)38-54(59)66-69-64(45-22-8-4-9-23-45)68-65(70-66)46-34-32-44(33-35-46)43-20-6-3-7-21-43/h3-12,15-16,19-26,28,31-32,34,36-38,41,44,46,50,59,61,64-66,68-70H,13-14,17-18,27,29-30,33,35,39H2,1-2H3. The molecule has 2 aliphatic heterocycles. The molecule has 73 heavy (non-hydrogen) atoms. The summed E-state index contributed by atoms with van der Waals surface area (Å²) < 4.78 is 5.12. The number of nitrogens with zero attached hydrogens (tertiary/aromatic N) is 4. The third-order valence-electron chi connectivity index (χ3n) is 18.0. The molecule has 8 aliphatic rings. The largest absolute Gasteiger partial charge is 0.360 e. The molecule has 9 unspecified atom stereocenters. The molecule has 6 aromatic rings. The van der Waals surface area contributed by atoms with Gasteiger partial charge in [-0.2, -0.15) is 5.26 Å². The van der Waals surface area contributed by atoms with Crippen molar-refractivity contribution in [3.63, 3.8) is 0 Å². The summed E-state index contributed by atoms with van der Waals surface area (Å²) in [5.74, 6) is 1.54. The van der Waals surface area contributed by atoms with Crippen LogP contribution in [0.3, 0.4) is 0 Å². The van der Waals surface area contributed by atoms with Gasteiger partial charge in [-0.1, -0.05) is 140 Å². The summed E-state index contributed by atoms with van der Waals surface area (Å²) in [5.41, 5.74) is 19.2. The summed E-state index contributed by atoms with van der Waals surface area (Å²) in [7, 11) is 0. The molecule has 0 radical (unpaired) electrons. The van der Waals surface area contributed by atoms with Gasteiger partial charge in [0.05, 0.1) is 41.1 Å². The fourth-order valence-electron chi connectivity index (χ4n) is 14.8. The zero-order valence-corrected chi connectivity index (χ0v) is 42.1. The number of para-hydroxylation sites is 1. The summed E-state index contributed by atoms with van der Waals surface area (Å²) in [4.78, 5) is 2.90. The Morgan fingerprint density at radius 1 is 0.712 bits per heavy atom. The molecule has 7 nitrogen and oxygen atoms in total. The van der Waals surface area contributed by atoms with Crippen LogP contribution in [0.25, 0.3) is 45.3 Å². The summed E-state index contributed by atoms with van der Waals surface area (Å²) in [6.45, 7) is 4.85. The highest BCUT2D eigenvalue weighted by Crippen LogP contribution is 2.53. The predicted molar refractivity (Wildman–Crippen MR) is 298 cm³/mol. The number of hydrogen-bond donors (Lipinski definition) is 3. The second kappa shape index (κ2) is 18.2. The monoisotopic (exact) mass is 956 g/mol. The molecule has 9 atom stereocenters. The highest BCUT2D eigenvalue weighted by Gasteiger charge is 2.50. The van der Waals surface area contributed by atoms with Gasteiger partial charge in [-0.15, -0.1) is 0 Å². The number of benzene rings is 4. The van der Waals surface area contributed by atoms with Gasteiger partial charge in [-0.25, -0.2) is 0 Å². The number of aryl methyl sites for hydroxylation is 1. The zero-order chi connectivity index (χ0) is 48.7. The van der Waals surface area contributed by atoms with Crippen LogP contribution in [-0.2, 0) is 12.8 Å². The van der Waals surface area contributed by atoms with Gasteiger partial charge in [-0.3, -0.25) is 16.0 Å². The lowest BCUT2D eigenvalue weighted by Gasteiger charge is -2.49. The quantitative estimate of drug-likeness (QED) is 0.139. The van der Waals surface area contributed by atoms with Gasteiger partial charge in [0.15, 0.2) is 0 Å². The topological polar surface area (TPSA) is 73.0 Å². The minimum atomic E-state index is -0.208. The molecular weight excluding hydrogens is 891 g/mol. The van der Waals surface area contributed by atoms with Crippen LogP contribution in [0.4, 0.5) is 0 Å². The van der Waals surface area contributed by atoms with E-state index in [1.807, 2.05) is 0 Å². The van der Waals surface area contributed by atoms with Gasteiger partial charge in [0.2, 0.25) is 0 Å². The van der Waals surface area contributed by atoms with E-state index < -0.39 is 0 Å². The number of nitrogens with one attached hydrogen (secondary N) is 3. The van der Waals surface area contributed by atoms with Gasteiger partial charge in [-0.05, 0) is 134 Å². The number of rotatable bonds is 7. The third kappa shape index (κ3) is 7.31. The number of fused-ring (bicyclic) bond motifs is 9. The Bertz CT molecular complexity index is 3470. The van der Waals surface area contributed by atoms with Crippen LogP contribution in [0.2, 0.25) is 0 Å². The first kappa shape index (κ1) is 44.7. The Morgan fingerprint density at radius 3 is 2.27 bits per heavy atom. The first-order valence-corrected chi connectivity index (χ1v) is 27.4. The molecule has 4 aromatic carbocycles. The van der Waals surface area contributed by atoms with Crippen LogP contribution in [0.15, 0.2) is 180 Å². The first-order chi connectivity index (χ1) is 36.0. The van der Waals surface area contributed by atoms with E-state index in [9.17, 15) is 5.26 Å². The molecule has 1 saturated heterocycles. The average Bonchev–Trinajstić information content (AvgIpc) is 4.11. The van der Waals surface area contributed by atoms with Crippen molar-refractivity contribution in [1.29, 1.82) is 5.26 Å². The van der Waals surface area contributed by atoms with Gasteiger partial charge >= 0.3 is 0 Å². The molecule has 0 spiro atoms. The van der Waals surface area contributed by atoms with Crippen LogP contribution < -0.4 is 16.0 Å². The summed E-state index contributed by atoms with van der Waals surface area (Å²) in [6, 6.07) is 40.9. The fourth-order valence-corrected chi connectivity index (χ4v) is 14.8. The second-order valence-corrected chi connectivity index (χ2v) is 22.1. The molecule has 0 saturated carbocycles. The van der Waals surface area contributed by atoms with Crippen LogP contribution in [0.1, 0.15) is 111 Å². The Hall–Kier alpha value is -6.95. The van der Waals surface area contributed by atoms with Gasteiger partial charge in [0, 0.05) is 75.0 Å². The van der Waals surface area contributed by atoms with Crippen LogP contribution in [0, 0.1) is 29.1 Å². The number of nitriles is 1. The van der Waals surface area contributed by atoms with Crippen molar-refractivity contribution < 1.29 is 0 Å². The van der Waals surface area contributed by atoms with E-state index in [0.717, 1.165) is 69.1 Å². The lowest BCUT2D eigenvalue weighted by atomic mass is 9.78.